The first kappa shape index (κ1) is 33.9. The van der Waals surface area contributed by atoms with Crippen molar-refractivity contribution in [3.63, 3.8) is 0 Å². The Morgan fingerprint density at radius 1 is 0.414 bits per heavy atom. The van der Waals surface area contributed by atoms with Gasteiger partial charge in [-0.25, -0.2) is 0 Å². The first-order chi connectivity index (χ1) is 28.6. The molecule has 10 aromatic carbocycles. The molecule has 2 nitrogen and oxygen atoms in total. The van der Waals surface area contributed by atoms with Crippen molar-refractivity contribution < 1.29 is 0 Å². The molecular weight excluding hydrogens is 699 g/mol. The minimum absolute atomic E-state index is 0.807. The molecule has 1 aliphatic heterocycles. The summed E-state index contributed by atoms with van der Waals surface area (Å²) in [7, 11) is 0.807. The molecule has 1 heterocycles. The highest BCUT2D eigenvalue weighted by Gasteiger charge is 2.31. The third-order valence-electron chi connectivity index (χ3n) is 11.9. The molecule has 0 bridgehead atoms. The molecule has 272 valence electrons. The first-order valence-corrected chi connectivity index (χ1v) is 20.1. The van der Waals surface area contributed by atoms with Crippen LogP contribution in [0.15, 0.2) is 206 Å². The van der Waals surface area contributed by atoms with Crippen LogP contribution in [0.2, 0.25) is 0 Å². The molecule has 0 aliphatic carbocycles. The highest BCUT2D eigenvalue weighted by Crippen LogP contribution is 2.45. The standard InChI is InChI=1S/C55H39BN2/c1-36-24-25-44(38-16-6-3-7-17-38)33-51(36)58-52-34-43-21-11-9-19-41(43)31-49(52)56-55-53(58)35-45-22-12-13-23-47(45)54(55)48-30-40-18-8-10-20-42(40)32-50(48)57-46-28-26-39(27-29-46)37-14-4-2-5-15-37/h2-35,56-57H,1H3. The normalized spacial score (nSPS) is 12.0. The van der Waals surface area contributed by atoms with E-state index < -0.39 is 0 Å². The predicted octanol–water partition coefficient (Wildman–Crippen LogP) is 13.4. The minimum atomic E-state index is 0.807. The Kier molecular flexibility index (Phi) is 8.18. The third kappa shape index (κ3) is 5.91. The van der Waals surface area contributed by atoms with Gasteiger partial charge in [-0.15, -0.1) is 0 Å². The molecule has 0 amide bonds. The topological polar surface area (TPSA) is 15.3 Å². The highest BCUT2D eigenvalue weighted by molar-refractivity contribution is 6.74. The van der Waals surface area contributed by atoms with E-state index in [-0.39, 0.29) is 0 Å². The van der Waals surface area contributed by atoms with Gasteiger partial charge in [0.25, 0.3) is 0 Å². The molecule has 0 unspecified atom stereocenters. The lowest BCUT2D eigenvalue weighted by Gasteiger charge is -2.37. The Morgan fingerprint density at radius 3 is 1.66 bits per heavy atom. The average molecular weight is 739 g/mol. The maximum Gasteiger partial charge on any atom is 0.198 e. The molecule has 0 radical (unpaired) electrons. The number of hydrogen-bond donors (Lipinski definition) is 1. The molecule has 3 heteroatoms. The van der Waals surface area contributed by atoms with Gasteiger partial charge in [0, 0.05) is 34.0 Å². The van der Waals surface area contributed by atoms with E-state index in [1.54, 1.807) is 0 Å². The Labute approximate surface area is 339 Å². The quantitative estimate of drug-likeness (QED) is 0.171. The smallest absolute Gasteiger partial charge is 0.198 e. The molecule has 0 aromatic heterocycles. The van der Waals surface area contributed by atoms with Crippen molar-refractivity contribution in [2.45, 2.75) is 6.92 Å². The van der Waals surface area contributed by atoms with Crippen LogP contribution in [0, 0.1) is 6.92 Å². The van der Waals surface area contributed by atoms with Crippen LogP contribution in [0.5, 0.6) is 0 Å². The van der Waals surface area contributed by atoms with Gasteiger partial charge in [-0.3, -0.25) is 0 Å². The summed E-state index contributed by atoms with van der Waals surface area (Å²) in [5.74, 6) is 0. The zero-order valence-corrected chi connectivity index (χ0v) is 32.3. The Morgan fingerprint density at radius 2 is 0.948 bits per heavy atom. The van der Waals surface area contributed by atoms with Crippen LogP contribution < -0.4 is 21.1 Å². The number of rotatable bonds is 6. The van der Waals surface area contributed by atoms with Crippen LogP contribution in [-0.2, 0) is 0 Å². The maximum absolute atomic E-state index is 3.92. The summed E-state index contributed by atoms with van der Waals surface area (Å²) in [6.07, 6.45) is 0. The second kappa shape index (κ2) is 14.0. The summed E-state index contributed by atoms with van der Waals surface area (Å²) in [5, 5.41) is 11.3. The second-order valence-electron chi connectivity index (χ2n) is 15.5. The van der Waals surface area contributed by atoms with Crippen molar-refractivity contribution >= 4 is 79.0 Å². The lowest BCUT2D eigenvalue weighted by atomic mass is 9.57. The molecule has 0 atom stereocenters. The van der Waals surface area contributed by atoms with Gasteiger partial charge in [0.2, 0.25) is 0 Å². The Hall–Kier alpha value is -7.36. The van der Waals surface area contributed by atoms with Gasteiger partial charge in [0.1, 0.15) is 0 Å². The van der Waals surface area contributed by atoms with Crippen LogP contribution in [0.1, 0.15) is 5.56 Å². The fourth-order valence-electron chi connectivity index (χ4n) is 9.01. The summed E-state index contributed by atoms with van der Waals surface area (Å²) >= 11 is 0. The summed E-state index contributed by atoms with van der Waals surface area (Å²) in [4.78, 5) is 2.55. The fraction of sp³-hybridized carbons (Fsp3) is 0.0182. The molecule has 0 fully saturated rings. The number of benzene rings is 10. The van der Waals surface area contributed by atoms with E-state index in [0.29, 0.717) is 0 Å². The average Bonchev–Trinajstić information content (AvgIpc) is 3.28. The number of hydrogen-bond acceptors (Lipinski definition) is 2. The van der Waals surface area contributed by atoms with Crippen molar-refractivity contribution in [1.82, 2.24) is 0 Å². The number of anilines is 5. The molecule has 10 aromatic rings. The number of fused-ring (bicyclic) bond motifs is 5. The summed E-state index contributed by atoms with van der Waals surface area (Å²) in [6.45, 7) is 2.25. The largest absolute Gasteiger partial charge is 0.355 e. The number of nitrogens with zero attached hydrogens (tertiary/aromatic N) is 1. The number of aryl methyl sites for hydroxylation is 1. The van der Waals surface area contributed by atoms with E-state index in [4.69, 9.17) is 0 Å². The van der Waals surface area contributed by atoms with Crippen molar-refractivity contribution in [1.29, 1.82) is 0 Å². The predicted molar refractivity (Wildman–Crippen MR) is 251 cm³/mol. The van der Waals surface area contributed by atoms with Crippen molar-refractivity contribution in [2.75, 3.05) is 10.2 Å². The van der Waals surface area contributed by atoms with Crippen LogP contribution in [0.3, 0.4) is 0 Å². The molecule has 0 saturated heterocycles. The zero-order valence-electron chi connectivity index (χ0n) is 32.3. The van der Waals surface area contributed by atoms with Gasteiger partial charge in [0.15, 0.2) is 7.28 Å². The third-order valence-corrected chi connectivity index (χ3v) is 11.9. The van der Waals surface area contributed by atoms with Crippen LogP contribution >= 0.6 is 0 Å². The molecule has 11 rings (SSSR count). The monoisotopic (exact) mass is 738 g/mol. The molecule has 1 N–H and O–H groups in total. The summed E-state index contributed by atoms with van der Waals surface area (Å²) in [5.41, 5.74) is 16.9. The lowest BCUT2D eigenvalue weighted by Crippen LogP contribution is -2.41. The van der Waals surface area contributed by atoms with Gasteiger partial charge < -0.3 is 10.2 Å². The van der Waals surface area contributed by atoms with Crippen molar-refractivity contribution in [3.05, 3.63) is 212 Å². The van der Waals surface area contributed by atoms with Gasteiger partial charge in [0.05, 0.1) is 0 Å². The van der Waals surface area contributed by atoms with Crippen LogP contribution in [0.25, 0.3) is 65.7 Å². The molecule has 0 saturated carbocycles. The number of nitrogens with one attached hydrogen (secondary N) is 1. The van der Waals surface area contributed by atoms with E-state index in [2.05, 4.69) is 223 Å². The first-order valence-electron chi connectivity index (χ1n) is 20.1. The van der Waals surface area contributed by atoms with Gasteiger partial charge in [-0.1, -0.05) is 169 Å². The van der Waals surface area contributed by atoms with Crippen LogP contribution in [-0.4, -0.2) is 7.28 Å². The minimum Gasteiger partial charge on any atom is -0.355 e. The van der Waals surface area contributed by atoms with E-state index in [0.717, 1.165) is 18.7 Å². The lowest BCUT2D eigenvalue weighted by molar-refractivity contribution is 1.27. The molecule has 1 aliphatic rings. The molecular formula is C55H39BN2. The molecule has 0 spiro atoms. The summed E-state index contributed by atoms with van der Waals surface area (Å²) in [6, 6.07) is 75.5. The van der Waals surface area contributed by atoms with Crippen molar-refractivity contribution in [3.8, 4) is 33.4 Å². The van der Waals surface area contributed by atoms with E-state index in [9.17, 15) is 0 Å². The van der Waals surface area contributed by atoms with Crippen LogP contribution in [0.4, 0.5) is 28.4 Å². The fourth-order valence-corrected chi connectivity index (χ4v) is 9.01. The van der Waals surface area contributed by atoms with Crippen molar-refractivity contribution in [2.24, 2.45) is 0 Å². The van der Waals surface area contributed by atoms with Gasteiger partial charge >= 0.3 is 0 Å². The zero-order chi connectivity index (χ0) is 38.6. The maximum atomic E-state index is 3.92. The Balaban J connectivity index is 1.17. The van der Waals surface area contributed by atoms with E-state index in [1.807, 2.05) is 0 Å². The van der Waals surface area contributed by atoms with Gasteiger partial charge in [-0.2, -0.15) is 0 Å². The van der Waals surface area contributed by atoms with Gasteiger partial charge in [-0.05, 0) is 121 Å². The SMILES string of the molecule is Cc1ccc(-c2ccccc2)cc1N1c2cc3ccccc3cc2Bc2c1cc1ccccc1c2-c1cc2ccccc2cc1Nc1ccc(-c2ccccc2)cc1. The molecule has 58 heavy (non-hydrogen) atoms. The van der Waals surface area contributed by atoms with E-state index in [1.165, 1.54) is 99.2 Å². The highest BCUT2D eigenvalue weighted by atomic mass is 15.2. The summed E-state index contributed by atoms with van der Waals surface area (Å²) < 4.78 is 0. The Bertz CT molecular complexity index is 3170. The van der Waals surface area contributed by atoms with E-state index >= 15 is 0 Å². The second-order valence-corrected chi connectivity index (χ2v) is 15.5.